The minimum absolute atomic E-state index is 0.158. The number of aromatic amines is 1. The standard InChI is InChI=1S/C7H6BrNO2/c1-4(10)7-5(8)2-3-6(11)9-7/h2-3H,1H3,(H,9,11). The van der Waals surface area contributed by atoms with Gasteiger partial charge in [-0.25, -0.2) is 0 Å². The van der Waals surface area contributed by atoms with Crippen molar-refractivity contribution in [2.24, 2.45) is 0 Å². The van der Waals surface area contributed by atoms with Gasteiger partial charge in [0.25, 0.3) is 0 Å². The number of nitrogens with one attached hydrogen (secondary N) is 1. The highest BCUT2D eigenvalue weighted by atomic mass is 79.9. The number of H-pyrrole nitrogens is 1. The SMILES string of the molecule is CC(=O)c1[nH]c(=O)ccc1Br. The molecule has 1 aromatic rings. The third-order valence-corrected chi connectivity index (χ3v) is 1.88. The van der Waals surface area contributed by atoms with Gasteiger partial charge in [0.1, 0.15) is 0 Å². The molecule has 0 aliphatic rings. The highest BCUT2D eigenvalue weighted by Crippen LogP contribution is 2.11. The summed E-state index contributed by atoms with van der Waals surface area (Å²) in [5.74, 6) is -0.158. The van der Waals surface area contributed by atoms with Crippen LogP contribution in [0.4, 0.5) is 0 Å². The number of halogens is 1. The van der Waals surface area contributed by atoms with E-state index in [0.717, 1.165) is 0 Å². The Bertz CT molecular complexity index is 343. The number of aromatic nitrogens is 1. The molecule has 1 rings (SSSR count). The van der Waals surface area contributed by atoms with Gasteiger partial charge >= 0.3 is 0 Å². The molecule has 0 aliphatic heterocycles. The lowest BCUT2D eigenvalue weighted by Crippen LogP contribution is -2.10. The monoisotopic (exact) mass is 215 g/mol. The van der Waals surface area contributed by atoms with E-state index >= 15 is 0 Å². The summed E-state index contributed by atoms with van der Waals surface area (Å²) in [6.45, 7) is 1.40. The van der Waals surface area contributed by atoms with E-state index in [4.69, 9.17) is 0 Å². The molecular formula is C7H6BrNO2. The van der Waals surface area contributed by atoms with Crippen LogP contribution in [0.15, 0.2) is 21.4 Å². The fraction of sp³-hybridized carbons (Fsp3) is 0.143. The van der Waals surface area contributed by atoms with Gasteiger partial charge in [-0.2, -0.15) is 0 Å². The van der Waals surface area contributed by atoms with Crippen molar-refractivity contribution in [2.75, 3.05) is 0 Å². The van der Waals surface area contributed by atoms with Crippen molar-refractivity contribution < 1.29 is 4.79 Å². The molecule has 0 radical (unpaired) electrons. The zero-order valence-electron chi connectivity index (χ0n) is 5.85. The summed E-state index contributed by atoms with van der Waals surface area (Å²) in [7, 11) is 0. The fourth-order valence-electron chi connectivity index (χ4n) is 0.713. The highest BCUT2D eigenvalue weighted by Gasteiger charge is 2.04. The molecule has 0 aliphatic carbocycles. The first-order chi connectivity index (χ1) is 5.11. The van der Waals surface area contributed by atoms with E-state index in [2.05, 4.69) is 20.9 Å². The van der Waals surface area contributed by atoms with Crippen LogP contribution < -0.4 is 5.56 Å². The van der Waals surface area contributed by atoms with Crippen LogP contribution in [0.5, 0.6) is 0 Å². The van der Waals surface area contributed by atoms with Crippen molar-refractivity contribution in [1.82, 2.24) is 4.98 Å². The summed E-state index contributed by atoms with van der Waals surface area (Å²) >= 11 is 3.14. The maximum absolute atomic E-state index is 10.8. The Hall–Kier alpha value is -0.900. The van der Waals surface area contributed by atoms with Gasteiger partial charge in [0.15, 0.2) is 5.78 Å². The number of hydrogen-bond donors (Lipinski definition) is 1. The number of pyridine rings is 1. The molecule has 1 N–H and O–H groups in total. The predicted molar refractivity (Wildman–Crippen MR) is 44.8 cm³/mol. The lowest BCUT2D eigenvalue weighted by atomic mass is 10.3. The van der Waals surface area contributed by atoms with Crippen LogP contribution in [0.1, 0.15) is 17.4 Å². The van der Waals surface area contributed by atoms with Gasteiger partial charge in [-0.1, -0.05) is 0 Å². The van der Waals surface area contributed by atoms with Crippen LogP contribution in [0.3, 0.4) is 0 Å². The number of Topliss-reactive ketones (excluding diaryl/α,β-unsaturated/α-hetero) is 1. The Morgan fingerprint density at radius 2 is 2.18 bits per heavy atom. The number of ketones is 1. The first kappa shape index (κ1) is 8.20. The second kappa shape index (κ2) is 3.00. The lowest BCUT2D eigenvalue weighted by molar-refractivity contribution is 0.101. The van der Waals surface area contributed by atoms with Crippen LogP contribution >= 0.6 is 15.9 Å². The molecule has 0 saturated carbocycles. The van der Waals surface area contributed by atoms with E-state index in [0.29, 0.717) is 10.2 Å². The van der Waals surface area contributed by atoms with Gasteiger partial charge in [-0.15, -0.1) is 0 Å². The maximum atomic E-state index is 10.8. The molecule has 1 aromatic heterocycles. The first-order valence-corrected chi connectivity index (χ1v) is 3.80. The van der Waals surface area contributed by atoms with E-state index in [-0.39, 0.29) is 11.3 Å². The number of carbonyl (C=O) groups excluding carboxylic acids is 1. The molecule has 0 bridgehead atoms. The summed E-state index contributed by atoms with van der Waals surface area (Å²) < 4.78 is 0.615. The zero-order chi connectivity index (χ0) is 8.43. The molecule has 58 valence electrons. The molecule has 1 heterocycles. The summed E-state index contributed by atoms with van der Waals surface area (Å²) in [6.07, 6.45) is 0. The molecule has 0 aromatic carbocycles. The van der Waals surface area contributed by atoms with Crippen LogP contribution in [-0.4, -0.2) is 10.8 Å². The fourth-order valence-corrected chi connectivity index (χ4v) is 1.22. The Kier molecular flexibility index (Phi) is 2.24. The summed E-state index contributed by atoms with van der Waals surface area (Å²) in [5.41, 5.74) is 0.0518. The lowest BCUT2D eigenvalue weighted by Gasteiger charge is -1.96. The Labute approximate surface area is 71.6 Å². The smallest absolute Gasteiger partial charge is 0.248 e. The van der Waals surface area contributed by atoms with Gasteiger partial charge in [0, 0.05) is 17.5 Å². The largest absolute Gasteiger partial charge is 0.319 e. The highest BCUT2D eigenvalue weighted by molar-refractivity contribution is 9.10. The molecule has 0 unspecified atom stereocenters. The molecule has 0 amide bonds. The number of hydrogen-bond acceptors (Lipinski definition) is 2. The Morgan fingerprint density at radius 3 is 2.64 bits per heavy atom. The third kappa shape index (κ3) is 1.77. The van der Waals surface area contributed by atoms with Gasteiger partial charge < -0.3 is 4.98 Å². The second-order valence-electron chi connectivity index (χ2n) is 2.10. The van der Waals surface area contributed by atoms with E-state index < -0.39 is 0 Å². The van der Waals surface area contributed by atoms with Crippen molar-refractivity contribution in [3.63, 3.8) is 0 Å². The zero-order valence-corrected chi connectivity index (χ0v) is 7.44. The molecule has 4 heteroatoms. The maximum Gasteiger partial charge on any atom is 0.248 e. The molecule has 0 atom stereocenters. The van der Waals surface area contributed by atoms with Gasteiger partial charge in [0.2, 0.25) is 5.56 Å². The van der Waals surface area contributed by atoms with Crippen molar-refractivity contribution in [3.8, 4) is 0 Å². The third-order valence-electron chi connectivity index (χ3n) is 1.22. The normalized spacial score (nSPS) is 9.64. The van der Waals surface area contributed by atoms with Crippen molar-refractivity contribution in [1.29, 1.82) is 0 Å². The summed E-state index contributed by atoms with van der Waals surface area (Å²) in [4.78, 5) is 24.0. The van der Waals surface area contributed by atoms with E-state index in [1.54, 1.807) is 6.07 Å². The van der Waals surface area contributed by atoms with E-state index in [9.17, 15) is 9.59 Å². The number of rotatable bonds is 1. The van der Waals surface area contributed by atoms with Crippen molar-refractivity contribution in [3.05, 3.63) is 32.7 Å². The molecule has 11 heavy (non-hydrogen) atoms. The Morgan fingerprint density at radius 1 is 1.55 bits per heavy atom. The van der Waals surface area contributed by atoms with Crippen molar-refractivity contribution >= 4 is 21.7 Å². The average molecular weight is 216 g/mol. The van der Waals surface area contributed by atoms with Gasteiger partial charge in [-0.3, -0.25) is 9.59 Å². The van der Waals surface area contributed by atoms with E-state index in [1.165, 1.54) is 13.0 Å². The topological polar surface area (TPSA) is 49.9 Å². The van der Waals surface area contributed by atoms with E-state index in [1.807, 2.05) is 0 Å². The second-order valence-corrected chi connectivity index (χ2v) is 2.96. The summed E-state index contributed by atoms with van der Waals surface area (Å²) in [6, 6.07) is 2.91. The van der Waals surface area contributed by atoms with Crippen molar-refractivity contribution in [2.45, 2.75) is 6.92 Å². The van der Waals surface area contributed by atoms with Crippen LogP contribution in [-0.2, 0) is 0 Å². The minimum atomic E-state index is -0.265. The first-order valence-electron chi connectivity index (χ1n) is 3.01. The predicted octanol–water partition coefficient (Wildman–Crippen LogP) is 1.34. The summed E-state index contributed by atoms with van der Waals surface area (Å²) in [5, 5.41) is 0. The van der Waals surface area contributed by atoms with Crippen LogP contribution in [0.2, 0.25) is 0 Å². The quantitative estimate of drug-likeness (QED) is 0.720. The molecular weight excluding hydrogens is 210 g/mol. The Balaban J connectivity index is 3.35. The minimum Gasteiger partial charge on any atom is -0.319 e. The molecule has 0 fully saturated rings. The van der Waals surface area contributed by atoms with Gasteiger partial charge in [0.05, 0.1) is 5.69 Å². The van der Waals surface area contributed by atoms with Crippen LogP contribution in [0.25, 0.3) is 0 Å². The molecule has 0 spiro atoms. The molecule has 3 nitrogen and oxygen atoms in total. The molecule has 0 saturated heterocycles. The number of carbonyl (C=O) groups is 1. The van der Waals surface area contributed by atoms with Crippen LogP contribution in [0, 0.1) is 0 Å². The average Bonchev–Trinajstić information content (AvgIpc) is 1.94. The van der Waals surface area contributed by atoms with Gasteiger partial charge in [-0.05, 0) is 22.0 Å².